The zero-order valence-electron chi connectivity index (χ0n) is 13.2. The van der Waals surface area contributed by atoms with E-state index in [2.05, 4.69) is 37.4 Å². The van der Waals surface area contributed by atoms with Crippen molar-refractivity contribution in [3.8, 4) is 0 Å². The molecule has 0 radical (unpaired) electrons. The van der Waals surface area contributed by atoms with Crippen molar-refractivity contribution in [3.05, 3.63) is 34.9 Å². The molecule has 1 aromatic carbocycles. The Balaban J connectivity index is 0.00000220. The molecule has 1 aromatic rings. The Morgan fingerprint density at radius 2 is 2.10 bits per heavy atom. The topological polar surface area (TPSA) is 55.1 Å². The van der Waals surface area contributed by atoms with Crippen LogP contribution in [-0.4, -0.2) is 11.9 Å². The van der Waals surface area contributed by atoms with Gasteiger partial charge in [0.1, 0.15) is 0 Å². The number of rotatable bonds is 4. The van der Waals surface area contributed by atoms with E-state index in [-0.39, 0.29) is 30.4 Å². The smallest absolute Gasteiger partial charge is 0.222 e. The Morgan fingerprint density at radius 1 is 1.38 bits per heavy atom. The molecule has 0 bridgehead atoms. The van der Waals surface area contributed by atoms with Gasteiger partial charge in [0.25, 0.3) is 0 Å². The molecule has 4 heteroatoms. The maximum absolute atomic E-state index is 12.0. The number of nitrogens with two attached hydrogens (primary N) is 1. The fourth-order valence-electron chi connectivity index (χ4n) is 2.87. The van der Waals surface area contributed by atoms with Gasteiger partial charge in [-0.05, 0) is 48.8 Å². The van der Waals surface area contributed by atoms with Crippen LogP contribution in [0.3, 0.4) is 0 Å². The zero-order valence-corrected chi connectivity index (χ0v) is 14.0. The minimum Gasteiger partial charge on any atom is -0.349 e. The molecular weight excluding hydrogens is 284 g/mol. The van der Waals surface area contributed by atoms with Gasteiger partial charge in [-0.3, -0.25) is 4.79 Å². The van der Waals surface area contributed by atoms with Crippen LogP contribution in [0.1, 0.15) is 68.7 Å². The number of fused-ring (bicyclic) bond motifs is 1. The van der Waals surface area contributed by atoms with Crippen LogP contribution < -0.4 is 11.1 Å². The van der Waals surface area contributed by atoms with E-state index in [0.717, 1.165) is 19.3 Å². The molecule has 1 unspecified atom stereocenters. The Bertz CT molecular complexity index is 486. The molecule has 0 saturated heterocycles. The molecule has 0 saturated carbocycles. The molecule has 21 heavy (non-hydrogen) atoms. The minimum absolute atomic E-state index is 0. The summed E-state index contributed by atoms with van der Waals surface area (Å²) < 4.78 is 0. The molecule has 118 valence electrons. The third kappa shape index (κ3) is 4.72. The molecule has 0 aliphatic heterocycles. The third-order valence-electron chi connectivity index (χ3n) is 3.99. The lowest BCUT2D eigenvalue weighted by Crippen LogP contribution is -2.34. The summed E-state index contributed by atoms with van der Waals surface area (Å²) in [5.74, 6) is 0.579. The highest BCUT2D eigenvalue weighted by atomic mass is 35.5. The summed E-state index contributed by atoms with van der Waals surface area (Å²) in [5, 5.41) is 3.15. The number of carbonyl (C=O) groups excluding carboxylic acids is 1. The summed E-state index contributed by atoms with van der Waals surface area (Å²) in [4.78, 5) is 12.0. The number of hydrogen-bond acceptors (Lipinski definition) is 2. The lowest BCUT2D eigenvalue weighted by molar-refractivity contribution is -0.122. The molecule has 0 heterocycles. The highest BCUT2D eigenvalue weighted by molar-refractivity contribution is 5.85. The largest absolute Gasteiger partial charge is 0.349 e. The molecule has 1 amide bonds. The molecule has 2 atom stereocenters. The van der Waals surface area contributed by atoms with Gasteiger partial charge in [0, 0.05) is 12.5 Å². The average molecular weight is 311 g/mol. The van der Waals surface area contributed by atoms with Crippen LogP contribution in [0.2, 0.25) is 0 Å². The number of amides is 1. The zero-order chi connectivity index (χ0) is 14.7. The molecule has 3 N–H and O–H groups in total. The highest BCUT2D eigenvalue weighted by Gasteiger charge is 2.22. The number of nitrogens with one attached hydrogen (secondary N) is 1. The first-order valence-electron chi connectivity index (χ1n) is 7.65. The number of halogens is 1. The van der Waals surface area contributed by atoms with E-state index < -0.39 is 0 Å². The molecule has 2 rings (SSSR count). The monoisotopic (exact) mass is 310 g/mol. The van der Waals surface area contributed by atoms with Gasteiger partial charge in [-0.2, -0.15) is 0 Å². The Morgan fingerprint density at radius 3 is 2.71 bits per heavy atom. The van der Waals surface area contributed by atoms with Crippen molar-refractivity contribution >= 4 is 18.3 Å². The van der Waals surface area contributed by atoms with Crippen LogP contribution in [-0.2, 0) is 11.2 Å². The van der Waals surface area contributed by atoms with Crippen LogP contribution in [0.25, 0.3) is 0 Å². The standard InChI is InChI=1S/C17H26N2O.ClH/c1-11(2)14-8-7-13-5-4-6-16(15(13)10-14)19-17(20)9-12(3)18;/h7-8,10-12,16H,4-6,9,18H2,1-3H3,(H,19,20);1H/t12?,16-;/m1./s1. The summed E-state index contributed by atoms with van der Waals surface area (Å²) in [6, 6.07) is 6.80. The first-order valence-corrected chi connectivity index (χ1v) is 7.65. The van der Waals surface area contributed by atoms with Gasteiger partial charge in [-0.25, -0.2) is 0 Å². The van der Waals surface area contributed by atoms with Crippen LogP contribution in [0.15, 0.2) is 18.2 Å². The van der Waals surface area contributed by atoms with Gasteiger partial charge < -0.3 is 11.1 Å². The van der Waals surface area contributed by atoms with Gasteiger partial charge >= 0.3 is 0 Å². The number of benzene rings is 1. The minimum atomic E-state index is -0.0833. The van der Waals surface area contributed by atoms with Crippen LogP contribution in [0.5, 0.6) is 0 Å². The number of carbonyl (C=O) groups is 1. The first-order chi connectivity index (χ1) is 9.47. The fourth-order valence-corrected chi connectivity index (χ4v) is 2.87. The summed E-state index contributed by atoms with van der Waals surface area (Å²) in [6.07, 6.45) is 3.68. The maximum atomic E-state index is 12.0. The maximum Gasteiger partial charge on any atom is 0.222 e. The molecule has 0 fully saturated rings. The van der Waals surface area contributed by atoms with Gasteiger partial charge in [0.2, 0.25) is 5.91 Å². The second kappa shape index (κ2) is 7.81. The first kappa shape index (κ1) is 18.0. The molecule has 1 aliphatic rings. The number of hydrogen-bond donors (Lipinski definition) is 2. The Hall–Kier alpha value is -1.06. The second-order valence-corrected chi connectivity index (χ2v) is 6.31. The van der Waals surface area contributed by atoms with Crippen molar-refractivity contribution in [3.63, 3.8) is 0 Å². The van der Waals surface area contributed by atoms with E-state index in [4.69, 9.17) is 5.73 Å². The lowest BCUT2D eigenvalue weighted by Gasteiger charge is -2.28. The molecule has 3 nitrogen and oxygen atoms in total. The average Bonchev–Trinajstić information content (AvgIpc) is 2.37. The Labute approximate surface area is 134 Å². The predicted octanol–water partition coefficient (Wildman–Crippen LogP) is 3.46. The normalized spacial score (nSPS) is 18.6. The quantitative estimate of drug-likeness (QED) is 0.894. The van der Waals surface area contributed by atoms with Crippen molar-refractivity contribution in [2.24, 2.45) is 5.73 Å². The van der Waals surface area contributed by atoms with E-state index in [1.807, 2.05) is 6.92 Å². The van der Waals surface area contributed by atoms with E-state index >= 15 is 0 Å². The molecule has 0 spiro atoms. The van der Waals surface area contributed by atoms with E-state index in [1.54, 1.807) is 0 Å². The van der Waals surface area contributed by atoms with Crippen LogP contribution in [0, 0.1) is 0 Å². The third-order valence-corrected chi connectivity index (χ3v) is 3.99. The van der Waals surface area contributed by atoms with Gasteiger partial charge in [0.15, 0.2) is 0 Å². The fraction of sp³-hybridized carbons (Fsp3) is 0.588. The summed E-state index contributed by atoms with van der Waals surface area (Å²) >= 11 is 0. The molecule has 1 aliphatic carbocycles. The van der Waals surface area contributed by atoms with Crippen molar-refractivity contribution in [2.75, 3.05) is 0 Å². The van der Waals surface area contributed by atoms with Crippen LogP contribution >= 0.6 is 12.4 Å². The van der Waals surface area contributed by atoms with Crippen molar-refractivity contribution in [1.29, 1.82) is 0 Å². The SMILES string of the molecule is CC(N)CC(=O)N[C@@H]1CCCc2ccc(C(C)C)cc21.Cl. The Kier molecular flexibility index (Phi) is 6.69. The summed E-state index contributed by atoms with van der Waals surface area (Å²) in [6.45, 7) is 6.27. The van der Waals surface area contributed by atoms with Gasteiger partial charge in [-0.1, -0.05) is 32.0 Å². The number of aryl methyl sites for hydroxylation is 1. The molecular formula is C17H27ClN2O. The van der Waals surface area contributed by atoms with E-state index in [0.29, 0.717) is 12.3 Å². The predicted molar refractivity (Wildman–Crippen MR) is 89.9 cm³/mol. The lowest BCUT2D eigenvalue weighted by atomic mass is 9.85. The van der Waals surface area contributed by atoms with E-state index in [9.17, 15) is 4.79 Å². The van der Waals surface area contributed by atoms with Crippen molar-refractivity contribution in [1.82, 2.24) is 5.32 Å². The summed E-state index contributed by atoms with van der Waals surface area (Å²) in [7, 11) is 0. The van der Waals surface area contributed by atoms with E-state index in [1.165, 1.54) is 16.7 Å². The highest BCUT2D eigenvalue weighted by Crippen LogP contribution is 2.32. The van der Waals surface area contributed by atoms with Gasteiger partial charge in [-0.15, -0.1) is 12.4 Å². The van der Waals surface area contributed by atoms with Crippen molar-refractivity contribution < 1.29 is 4.79 Å². The summed E-state index contributed by atoms with van der Waals surface area (Å²) in [5.41, 5.74) is 9.73. The van der Waals surface area contributed by atoms with Crippen molar-refractivity contribution in [2.45, 2.75) is 64.5 Å². The van der Waals surface area contributed by atoms with Crippen LogP contribution in [0.4, 0.5) is 0 Å². The molecule has 0 aromatic heterocycles. The second-order valence-electron chi connectivity index (χ2n) is 6.31. The van der Waals surface area contributed by atoms with Gasteiger partial charge in [0.05, 0.1) is 6.04 Å².